The van der Waals surface area contributed by atoms with E-state index in [0.717, 1.165) is 30.6 Å². The van der Waals surface area contributed by atoms with Gasteiger partial charge in [-0.05, 0) is 38.3 Å². The van der Waals surface area contributed by atoms with Crippen LogP contribution >= 0.6 is 0 Å². The summed E-state index contributed by atoms with van der Waals surface area (Å²) >= 11 is 0. The summed E-state index contributed by atoms with van der Waals surface area (Å²) in [5, 5.41) is 0. The zero-order chi connectivity index (χ0) is 15.3. The first-order chi connectivity index (χ1) is 10.0. The Hall–Kier alpha value is -1.51. The summed E-state index contributed by atoms with van der Waals surface area (Å²) in [7, 11) is 0. The van der Waals surface area contributed by atoms with Crippen molar-refractivity contribution < 1.29 is 9.21 Å². The molecule has 1 fully saturated rings. The van der Waals surface area contributed by atoms with Crippen molar-refractivity contribution in [1.82, 2.24) is 4.90 Å². The topological polar surface area (TPSA) is 33.5 Å². The van der Waals surface area contributed by atoms with Gasteiger partial charge in [0.25, 0.3) is 0 Å². The number of amides is 1. The number of hydrogen-bond donors (Lipinski definition) is 0. The highest BCUT2D eigenvalue weighted by atomic mass is 16.3. The van der Waals surface area contributed by atoms with Crippen LogP contribution in [0.15, 0.2) is 35.0 Å². The molecule has 1 amide bonds. The third-order valence-electron chi connectivity index (χ3n) is 4.51. The predicted octanol–water partition coefficient (Wildman–Crippen LogP) is 4.69. The van der Waals surface area contributed by atoms with Crippen LogP contribution in [0, 0.1) is 0 Å². The summed E-state index contributed by atoms with van der Waals surface area (Å²) in [4.78, 5) is 14.4. The van der Waals surface area contributed by atoms with Crippen molar-refractivity contribution in [3.05, 3.63) is 36.3 Å². The Labute approximate surface area is 128 Å². The average Bonchev–Trinajstić information content (AvgIpc) is 2.81. The average molecular weight is 289 g/mol. The molecular weight excluding hydrogens is 262 g/mol. The summed E-state index contributed by atoms with van der Waals surface area (Å²) in [6.45, 7) is 8.41. The van der Waals surface area contributed by atoms with E-state index in [-0.39, 0.29) is 11.4 Å². The van der Waals surface area contributed by atoms with E-state index in [1.807, 2.05) is 17.0 Å². The van der Waals surface area contributed by atoms with E-state index in [0.29, 0.717) is 6.54 Å². The molecular formula is C18H27NO2. The Bertz CT molecular complexity index is 467. The van der Waals surface area contributed by atoms with Crippen LogP contribution in [0.2, 0.25) is 0 Å². The van der Waals surface area contributed by atoms with Gasteiger partial charge in [0.05, 0.1) is 12.8 Å². The minimum Gasteiger partial charge on any atom is -0.467 e. The largest absolute Gasteiger partial charge is 0.467 e. The van der Waals surface area contributed by atoms with Gasteiger partial charge in [-0.25, -0.2) is 0 Å². The molecule has 1 heterocycles. The molecule has 1 aromatic rings. The highest BCUT2D eigenvalue weighted by Crippen LogP contribution is 2.38. The fourth-order valence-electron chi connectivity index (χ4n) is 3.66. The van der Waals surface area contributed by atoms with E-state index in [1.54, 1.807) is 13.2 Å². The summed E-state index contributed by atoms with van der Waals surface area (Å²) in [5.41, 5.74) is 1.07. The summed E-state index contributed by atoms with van der Waals surface area (Å²) in [6, 6.07) is 3.83. The van der Waals surface area contributed by atoms with Gasteiger partial charge in [0.1, 0.15) is 5.76 Å². The van der Waals surface area contributed by atoms with Crippen molar-refractivity contribution in [2.24, 2.45) is 0 Å². The van der Waals surface area contributed by atoms with Gasteiger partial charge in [0, 0.05) is 12.5 Å². The van der Waals surface area contributed by atoms with Gasteiger partial charge in [-0.15, -0.1) is 6.58 Å². The third-order valence-corrected chi connectivity index (χ3v) is 4.51. The molecule has 1 aliphatic carbocycles. The minimum atomic E-state index is -0.0824. The Morgan fingerprint density at radius 1 is 1.29 bits per heavy atom. The van der Waals surface area contributed by atoms with Crippen molar-refractivity contribution in [2.75, 3.05) is 0 Å². The first-order valence-electron chi connectivity index (χ1n) is 7.98. The molecule has 0 spiro atoms. The molecule has 3 nitrogen and oxygen atoms in total. The van der Waals surface area contributed by atoms with Crippen LogP contribution in [0.1, 0.15) is 64.6 Å². The normalized spacial score (nSPS) is 18.0. The highest BCUT2D eigenvalue weighted by Gasteiger charge is 2.38. The van der Waals surface area contributed by atoms with E-state index >= 15 is 0 Å². The maximum Gasteiger partial charge on any atom is 0.220 e. The van der Waals surface area contributed by atoms with Crippen LogP contribution in [0.3, 0.4) is 0 Å². The van der Waals surface area contributed by atoms with Crippen molar-refractivity contribution in [3.8, 4) is 0 Å². The fraction of sp³-hybridized carbons (Fsp3) is 0.611. The van der Waals surface area contributed by atoms with Crippen LogP contribution in [0.25, 0.3) is 0 Å². The lowest BCUT2D eigenvalue weighted by atomic mass is 9.82. The highest BCUT2D eigenvalue weighted by molar-refractivity contribution is 5.74. The first kappa shape index (κ1) is 15.9. The van der Waals surface area contributed by atoms with Gasteiger partial charge in [0.2, 0.25) is 5.91 Å². The molecule has 0 aliphatic heterocycles. The minimum absolute atomic E-state index is 0.0824. The zero-order valence-corrected chi connectivity index (χ0v) is 13.4. The van der Waals surface area contributed by atoms with Gasteiger partial charge < -0.3 is 9.32 Å². The lowest BCUT2D eigenvalue weighted by Crippen LogP contribution is -2.50. The van der Waals surface area contributed by atoms with Crippen LogP contribution in [0.4, 0.5) is 0 Å². The summed E-state index contributed by atoms with van der Waals surface area (Å²) in [5.74, 6) is 0.991. The summed E-state index contributed by atoms with van der Waals surface area (Å²) < 4.78 is 5.47. The monoisotopic (exact) mass is 289 g/mol. The molecule has 0 unspecified atom stereocenters. The number of nitrogens with zero attached hydrogens (tertiary/aromatic N) is 1. The van der Waals surface area contributed by atoms with E-state index in [1.165, 1.54) is 25.7 Å². The SMILES string of the molecule is C=C(C)CC1(N(Cc2ccco2)C(C)=O)CCCCCC1. The quantitative estimate of drug-likeness (QED) is 0.582. The Morgan fingerprint density at radius 3 is 2.43 bits per heavy atom. The van der Waals surface area contributed by atoms with Crippen molar-refractivity contribution in [1.29, 1.82) is 0 Å². The number of carbonyl (C=O) groups excluding carboxylic acids is 1. The van der Waals surface area contributed by atoms with Crippen LogP contribution in [-0.2, 0) is 11.3 Å². The van der Waals surface area contributed by atoms with Crippen molar-refractivity contribution >= 4 is 5.91 Å². The maximum atomic E-state index is 12.3. The molecule has 2 rings (SSSR count). The molecule has 0 radical (unpaired) electrons. The van der Waals surface area contributed by atoms with E-state index in [4.69, 9.17) is 4.42 Å². The van der Waals surface area contributed by atoms with E-state index in [9.17, 15) is 4.79 Å². The molecule has 116 valence electrons. The zero-order valence-electron chi connectivity index (χ0n) is 13.4. The number of rotatable bonds is 5. The Kier molecular flexibility index (Phi) is 5.27. The second-order valence-corrected chi connectivity index (χ2v) is 6.46. The first-order valence-corrected chi connectivity index (χ1v) is 7.98. The standard InChI is InChI=1S/C18H27NO2/c1-15(2)13-18(10-6-4-5-7-11-18)19(16(3)20)14-17-9-8-12-21-17/h8-9,12H,1,4-7,10-11,13-14H2,2-3H3. The fourth-order valence-corrected chi connectivity index (χ4v) is 3.66. The molecule has 0 N–H and O–H groups in total. The molecule has 3 heteroatoms. The molecule has 1 aromatic heterocycles. The molecule has 0 atom stereocenters. The van der Waals surface area contributed by atoms with Gasteiger partial charge in [0.15, 0.2) is 0 Å². The second-order valence-electron chi connectivity index (χ2n) is 6.46. The van der Waals surface area contributed by atoms with Crippen molar-refractivity contribution in [3.63, 3.8) is 0 Å². The molecule has 1 saturated carbocycles. The number of furan rings is 1. The third kappa shape index (κ3) is 3.99. The van der Waals surface area contributed by atoms with Gasteiger partial charge >= 0.3 is 0 Å². The van der Waals surface area contributed by atoms with E-state index in [2.05, 4.69) is 13.5 Å². The van der Waals surface area contributed by atoms with Crippen molar-refractivity contribution in [2.45, 2.75) is 70.9 Å². The lowest BCUT2D eigenvalue weighted by Gasteiger charge is -2.43. The molecule has 0 bridgehead atoms. The number of hydrogen-bond acceptors (Lipinski definition) is 2. The lowest BCUT2D eigenvalue weighted by molar-refractivity contribution is -0.137. The molecule has 0 saturated heterocycles. The second kappa shape index (κ2) is 6.97. The van der Waals surface area contributed by atoms with Gasteiger partial charge in [-0.3, -0.25) is 4.79 Å². The smallest absolute Gasteiger partial charge is 0.220 e. The molecule has 21 heavy (non-hydrogen) atoms. The van der Waals surface area contributed by atoms with Crippen LogP contribution in [-0.4, -0.2) is 16.3 Å². The molecule has 1 aliphatic rings. The van der Waals surface area contributed by atoms with Crippen LogP contribution in [0.5, 0.6) is 0 Å². The van der Waals surface area contributed by atoms with Gasteiger partial charge in [-0.2, -0.15) is 0 Å². The number of carbonyl (C=O) groups is 1. The summed E-state index contributed by atoms with van der Waals surface area (Å²) in [6.07, 6.45) is 9.62. The predicted molar refractivity (Wildman–Crippen MR) is 84.8 cm³/mol. The van der Waals surface area contributed by atoms with Crippen LogP contribution < -0.4 is 0 Å². The van der Waals surface area contributed by atoms with E-state index < -0.39 is 0 Å². The Balaban J connectivity index is 2.29. The Morgan fingerprint density at radius 2 is 1.95 bits per heavy atom. The molecule has 0 aromatic carbocycles. The maximum absolute atomic E-state index is 12.3. The van der Waals surface area contributed by atoms with Gasteiger partial charge in [-0.1, -0.05) is 31.3 Å².